The van der Waals surface area contributed by atoms with E-state index in [0.717, 1.165) is 55.6 Å². The normalized spacial score (nSPS) is 11.4. The molecular weight excluding hydrogens is 431 g/mol. The molecule has 8 heteroatoms. The minimum absolute atomic E-state index is 0.282. The third kappa shape index (κ3) is 3.36. The van der Waals surface area contributed by atoms with Gasteiger partial charge in [0.2, 0.25) is 0 Å². The van der Waals surface area contributed by atoms with Crippen LogP contribution in [0.1, 0.15) is 5.56 Å². The molecule has 0 bridgehead atoms. The van der Waals surface area contributed by atoms with Crippen molar-refractivity contribution in [1.29, 1.82) is 0 Å². The molecule has 0 unspecified atom stereocenters. The van der Waals surface area contributed by atoms with E-state index in [1.54, 1.807) is 31.9 Å². The van der Waals surface area contributed by atoms with Crippen LogP contribution in [-0.2, 0) is 0 Å². The molecule has 166 valence electrons. The van der Waals surface area contributed by atoms with Crippen molar-refractivity contribution in [2.24, 2.45) is 0 Å². The number of halogens is 1. The number of nitrogens with zero attached hydrogens (tertiary/aromatic N) is 4. The topological polar surface area (TPSA) is 92.4 Å². The van der Waals surface area contributed by atoms with Gasteiger partial charge in [0.25, 0.3) is 0 Å². The van der Waals surface area contributed by atoms with E-state index in [1.807, 2.05) is 37.3 Å². The van der Waals surface area contributed by atoms with Gasteiger partial charge in [-0.25, -0.2) is 4.39 Å². The summed E-state index contributed by atoms with van der Waals surface area (Å²) in [7, 11) is 1.61. The van der Waals surface area contributed by atoms with Crippen molar-refractivity contribution in [2.75, 3.05) is 7.11 Å². The van der Waals surface area contributed by atoms with Gasteiger partial charge in [-0.05, 0) is 55.0 Å². The maximum atomic E-state index is 14.1. The van der Waals surface area contributed by atoms with Gasteiger partial charge in [0.15, 0.2) is 0 Å². The number of H-pyrrole nitrogens is 2. The maximum absolute atomic E-state index is 14.1. The maximum Gasteiger partial charge on any atom is 0.137 e. The van der Waals surface area contributed by atoms with Gasteiger partial charge in [-0.3, -0.25) is 20.1 Å². The van der Waals surface area contributed by atoms with E-state index in [4.69, 9.17) is 4.74 Å². The third-order valence-corrected chi connectivity index (χ3v) is 5.81. The van der Waals surface area contributed by atoms with Crippen molar-refractivity contribution < 1.29 is 9.13 Å². The molecule has 0 aliphatic heterocycles. The summed E-state index contributed by atoms with van der Waals surface area (Å²) in [4.78, 5) is 16.8. The van der Waals surface area contributed by atoms with Gasteiger partial charge >= 0.3 is 0 Å². The van der Waals surface area contributed by atoms with E-state index in [1.165, 1.54) is 12.1 Å². The van der Waals surface area contributed by atoms with Crippen LogP contribution in [0.15, 0.2) is 67.3 Å². The Labute approximate surface area is 193 Å². The van der Waals surface area contributed by atoms with Crippen molar-refractivity contribution in [3.8, 4) is 39.7 Å². The Kier molecular flexibility index (Phi) is 4.58. The van der Waals surface area contributed by atoms with Gasteiger partial charge in [-0.1, -0.05) is 0 Å². The zero-order valence-corrected chi connectivity index (χ0v) is 18.4. The molecule has 0 spiro atoms. The average Bonchev–Trinajstić information content (AvgIpc) is 3.46. The standard InChI is InChI=1S/C26H19FN6O/c1-14-5-15(7-17(27)6-14)25-19-10-23(31-21(19)3-4-29-25)26-20-9-22(30-13-24(20)32-33-26)16-8-18(34-2)12-28-11-16/h3-13,31H,1-2H3,(H,32,33). The number of benzene rings is 1. The highest BCUT2D eigenvalue weighted by molar-refractivity contribution is 6.00. The first kappa shape index (κ1) is 20.0. The van der Waals surface area contributed by atoms with E-state index in [9.17, 15) is 4.39 Å². The molecule has 0 aliphatic rings. The van der Waals surface area contributed by atoms with Crippen molar-refractivity contribution in [3.63, 3.8) is 0 Å². The Bertz CT molecular complexity index is 1670. The van der Waals surface area contributed by atoms with Crippen molar-refractivity contribution >= 4 is 21.8 Å². The molecule has 5 aromatic heterocycles. The van der Waals surface area contributed by atoms with E-state index < -0.39 is 0 Å². The molecule has 1 aromatic carbocycles. The first-order chi connectivity index (χ1) is 16.6. The summed E-state index contributed by atoms with van der Waals surface area (Å²) in [5.74, 6) is 0.380. The SMILES string of the molecule is COc1cncc(-c2cc3c(-c4cc5c(-c6cc(C)cc(F)c6)nccc5[nH]4)n[nH]c3cn2)c1. The number of hydrogen-bond donors (Lipinski definition) is 2. The van der Waals surface area contributed by atoms with Crippen LogP contribution in [-0.4, -0.2) is 37.2 Å². The van der Waals surface area contributed by atoms with Gasteiger partial charge < -0.3 is 9.72 Å². The number of fused-ring (bicyclic) bond motifs is 2. The number of aromatic nitrogens is 6. The number of aromatic amines is 2. The van der Waals surface area contributed by atoms with Crippen molar-refractivity contribution in [3.05, 3.63) is 78.6 Å². The number of hydrogen-bond acceptors (Lipinski definition) is 5. The molecule has 7 nitrogen and oxygen atoms in total. The molecule has 0 saturated carbocycles. The van der Waals surface area contributed by atoms with Crippen LogP contribution in [0, 0.1) is 12.7 Å². The molecule has 2 N–H and O–H groups in total. The first-order valence-electron chi connectivity index (χ1n) is 10.7. The fourth-order valence-electron chi connectivity index (χ4n) is 4.23. The zero-order valence-electron chi connectivity index (χ0n) is 18.4. The summed E-state index contributed by atoms with van der Waals surface area (Å²) in [5.41, 5.74) is 7.18. The van der Waals surface area contributed by atoms with Crippen LogP contribution >= 0.6 is 0 Å². The molecule has 6 rings (SSSR count). The summed E-state index contributed by atoms with van der Waals surface area (Å²) in [6.07, 6.45) is 6.88. The van der Waals surface area contributed by atoms with Gasteiger partial charge in [-0.2, -0.15) is 5.10 Å². The van der Waals surface area contributed by atoms with Gasteiger partial charge in [-0.15, -0.1) is 0 Å². The van der Waals surface area contributed by atoms with Gasteiger partial charge in [0.1, 0.15) is 17.3 Å². The first-order valence-corrected chi connectivity index (χ1v) is 10.7. The minimum atomic E-state index is -0.282. The molecule has 0 radical (unpaired) electrons. The molecular formula is C26H19FN6O. The molecule has 0 aliphatic carbocycles. The summed E-state index contributed by atoms with van der Waals surface area (Å²) in [6.45, 7) is 1.87. The number of rotatable bonds is 4. The smallest absolute Gasteiger partial charge is 0.137 e. The lowest BCUT2D eigenvalue weighted by Crippen LogP contribution is -1.88. The zero-order chi connectivity index (χ0) is 23.2. The van der Waals surface area contributed by atoms with Crippen molar-refractivity contribution in [2.45, 2.75) is 6.92 Å². The summed E-state index contributed by atoms with van der Waals surface area (Å²) < 4.78 is 19.4. The van der Waals surface area contributed by atoms with Crippen LogP contribution in [0.2, 0.25) is 0 Å². The van der Waals surface area contributed by atoms with E-state index in [2.05, 4.69) is 30.1 Å². The monoisotopic (exact) mass is 450 g/mol. The van der Waals surface area contributed by atoms with Crippen LogP contribution in [0.3, 0.4) is 0 Å². The molecule has 0 amide bonds. The van der Waals surface area contributed by atoms with Crippen LogP contribution < -0.4 is 4.74 Å². The van der Waals surface area contributed by atoms with E-state index >= 15 is 0 Å². The van der Waals surface area contributed by atoms with Gasteiger partial charge in [0.05, 0.1) is 42.1 Å². The summed E-state index contributed by atoms with van der Waals surface area (Å²) >= 11 is 0. The van der Waals surface area contributed by atoms with Gasteiger partial charge in [0, 0.05) is 39.8 Å². The van der Waals surface area contributed by atoms with Crippen LogP contribution in [0.4, 0.5) is 4.39 Å². The third-order valence-electron chi connectivity index (χ3n) is 5.81. The molecule has 6 aromatic rings. The molecule has 0 saturated heterocycles. The Balaban J connectivity index is 1.49. The summed E-state index contributed by atoms with van der Waals surface area (Å²) in [6, 6.07) is 12.7. The molecule has 5 heterocycles. The van der Waals surface area contributed by atoms with Crippen molar-refractivity contribution in [1.82, 2.24) is 30.1 Å². The fourth-order valence-corrected chi connectivity index (χ4v) is 4.23. The number of aryl methyl sites for hydroxylation is 1. The largest absolute Gasteiger partial charge is 0.495 e. The van der Waals surface area contributed by atoms with E-state index in [0.29, 0.717) is 11.4 Å². The number of nitrogens with one attached hydrogen (secondary N) is 2. The second-order valence-electron chi connectivity index (χ2n) is 8.12. The number of methoxy groups -OCH3 is 1. The average molecular weight is 450 g/mol. The Morgan fingerprint density at radius 2 is 1.74 bits per heavy atom. The number of ether oxygens (including phenoxy) is 1. The second-order valence-corrected chi connectivity index (χ2v) is 8.12. The Hall–Kier alpha value is -4.59. The minimum Gasteiger partial charge on any atom is -0.495 e. The quantitative estimate of drug-likeness (QED) is 0.360. The predicted octanol–water partition coefficient (Wildman–Crippen LogP) is 5.69. The summed E-state index contributed by atoms with van der Waals surface area (Å²) in [5, 5.41) is 9.40. The Morgan fingerprint density at radius 3 is 2.59 bits per heavy atom. The van der Waals surface area contributed by atoms with Crippen LogP contribution in [0.5, 0.6) is 5.75 Å². The fraction of sp³-hybridized carbons (Fsp3) is 0.0769. The highest BCUT2D eigenvalue weighted by Gasteiger charge is 2.16. The second kappa shape index (κ2) is 7.77. The lowest BCUT2D eigenvalue weighted by atomic mass is 10.0. The van der Waals surface area contributed by atoms with Crippen LogP contribution in [0.25, 0.3) is 55.7 Å². The lowest BCUT2D eigenvalue weighted by Gasteiger charge is -2.04. The van der Waals surface area contributed by atoms with E-state index in [-0.39, 0.29) is 5.82 Å². The molecule has 34 heavy (non-hydrogen) atoms. The Morgan fingerprint density at radius 1 is 0.853 bits per heavy atom. The molecule has 0 fully saturated rings. The lowest BCUT2D eigenvalue weighted by molar-refractivity contribution is 0.413. The predicted molar refractivity (Wildman–Crippen MR) is 129 cm³/mol. The highest BCUT2D eigenvalue weighted by Crippen LogP contribution is 2.34. The highest BCUT2D eigenvalue weighted by atomic mass is 19.1. The molecule has 0 atom stereocenters. The number of pyridine rings is 3.